The van der Waals surface area contributed by atoms with Crippen LogP contribution in [0.3, 0.4) is 0 Å². The van der Waals surface area contributed by atoms with Crippen LogP contribution in [0.5, 0.6) is 0 Å². The molecule has 0 radical (unpaired) electrons. The second kappa shape index (κ2) is 7.25. The summed E-state index contributed by atoms with van der Waals surface area (Å²) < 4.78 is 2.05. The first-order chi connectivity index (χ1) is 12.0. The summed E-state index contributed by atoms with van der Waals surface area (Å²) in [4.78, 5) is 24.7. The van der Waals surface area contributed by atoms with Crippen LogP contribution in [-0.2, 0) is 6.54 Å². The minimum Gasteiger partial charge on any atom is -0.343 e. The molecule has 25 heavy (non-hydrogen) atoms. The van der Waals surface area contributed by atoms with Gasteiger partial charge in [-0.15, -0.1) is 0 Å². The molecule has 130 valence electrons. The van der Waals surface area contributed by atoms with Gasteiger partial charge in [0, 0.05) is 24.5 Å². The lowest BCUT2D eigenvalue weighted by atomic mass is 10.2. The number of amides is 1. The molecular formula is C17H21N7O. The maximum atomic E-state index is 12.4. The number of aromatic amines is 1. The summed E-state index contributed by atoms with van der Waals surface area (Å²) in [6.07, 6.45) is 6.81. The standard InChI is InChI=1S/C17H21N7O/c1-11(2)16-19-6-7-24(16)9-13-8-15(23-22-13)17(25)21-12(3)14-4-5-18-10-20-14/h4-8,10-12H,9H2,1-3H3,(H,21,25)(H,22,23)/t12-/m1/s1. The Labute approximate surface area is 145 Å². The van der Waals surface area contributed by atoms with E-state index in [1.54, 1.807) is 24.5 Å². The van der Waals surface area contributed by atoms with Crippen LogP contribution in [0.25, 0.3) is 0 Å². The molecule has 3 heterocycles. The Hall–Kier alpha value is -3.03. The number of imidazole rings is 1. The lowest BCUT2D eigenvalue weighted by molar-refractivity contribution is 0.0934. The van der Waals surface area contributed by atoms with E-state index >= 15 is 0 Å². The zero-order chi connectivity index (χ0) is 17.8. The fraction of sp³-hybridized carbons (Fsp3) is 0.353. The van der Waals surface area contributed by atoms with Gasteiger partial charge in [-0.1, -0.05) is 13.8 Å². The molecule has 1 atom stereocenters. The van der Waals surface area contributed by atoms with Gasteiger partial charge in [-0.2, -0.15) is 5.10 Å². The maximum Gasteiger partial charge on any atom is 0.272 e. The summed E-state index contributed by atoms with van der Waals surface area (Å²) in [5, 5.41) is 9.92. The minimum absolute atomic E-state index is 0.225. The molecule has 2 N–H and O–H groups in total. The summed E-state index contributed by atoms with van der Waals surface area (Å²) in [5.74, 6) is 1.08. The summed E-state index contributed by atoms with van der Waals surface area (Å²) >= 11 is 0. The largest absolute Gasteiger partial charge is 0.343 e. The molecule has 3 aromatic rings. The van der Waals surface area contributed by atoms with Crippen LogP contribution in [0.2, 0.25) is 0 Å². The Kier molecular flexibility index (Phi) is 4.87. The Morgan fingerprint density at radius 2 is 2.12 bits per heavy atom. The highest BCUT2D eigenvalue weighted by molar-refractivity contribution is 5.92. The third-order valence-corrected chi connectivity index (χ3v) is 3.86. The average Bonchev–Trinajstić information content (AvgIpc) is 3.25. The molecule has 0 aliphatic rings. The lowest BCUT2D eigenvalue weighted by Crippen LogP contribution is -2.27. The molecule has 0 bridgehead atoms. The lowest BCUT2D eigenvalue weighted by Gasteiger charge is -2.11. The van der Waals surface area contributed by atoms with E-state index in [2.05, 4.69) is 44.3 Å². The smallest absolute Gasteiger partial charge is 0.272 e. The Balaban J connectivity index is 1.66. The third kappa shape index (κ3) is 3.90. The molecular weight excluding hydrogens is 318 g/mol. The number of carbonyl (C=O) groups is 1. The van der Waals surface area contributed by atoms with Gasteiger partial charge in [-0.25, -0.2) is 15.0 Å². The van der Waals surface area contributed by atoms with Crippen LogP contribution in [0.4, 0.5) is 0 Å². The predicted molar refractivity (Wildman–Crippen MR) is 91.9 cm³/mol. The van der Waals surface area contributed by atoms with Crippen LogP contribution >= 0.6 is 0 Å². The van der Waals surface area contributed by atoms with Crippen molar-refractivity contribution in [2.75, 3.05) is 0 Å². The number of nitrogens with one attached hydrogen (secondary N) is 2. The van der Waals surface area contributed by atoms with E-state index in [1.165, 1.54) is 6.33 Å². The molecule has 0 aliphatic carbocycles. The van der Waals surface area contributed by atoms with E-state index in [9.17, 15) is 4.79 Å². The SMILES string of the molecule is CC(C)c1nccn1Cc1cc(C(=O)N[C@H](C)c2ccncn2)n[nH]1. The highest BCUT2D eigenvalue weighted by Crippen LogP contribution is 2.14. The van der Waals surface area contributed by atoms with Gasteiger partial charge < -0.3 is 9.88 Å². The van der Waals surface area contributed by atoms with Gasteiger partial charge in [0.1, 0.15) is 17.8 Å². The zero-order valence-electron chi connectivity index (χ0n) is 14.5. The Bertz CT molecular complexity index is 838. The van der Waals surface area contributed by atoms with Crippen molar-refractivity contribution in [2.45, 2.75) is 39.3 Å². The zero-order valence-corrected chi connectivity index (χ0v) is 14.5. The number of hydrogen-bond acceptors (Lipinski definition) is 5. The quantitative estimate of drug-likeness (QED) is 0.716. The van der Waals surface area contributed by atoms with Crippen molar-refractivity contribution in [2.24, 2.45) is 0 Å². The summed E-state index contributed by atoms with van der Waals surface area (Å²) in [6, 6.07) is 3.30. The van der Waals surface area contributed by atoms with Crippen LogP contribution in [0.15, 0.2) is 37.1 Å². The van der Waals surface area contributed by atoms with Gasteiger partial charge in [-0.05, 0) is 19.1 Å². The molecule has 1 amide bonds. The van der Waals surface area contributed by atoms with E-state index in [1.807, 2.05) is 17.7 Å². The van der Waals surface area contributed by atoms with Crippen molar-refractivity contribution >= 4 is 5.91 Å². The number of H-pyrrole nitrogens is 1. The fourth-order valence-corrected chi connectivity index (χ4v) is 2.60. The molecule has 3 aromatic heterocycles. The number of nitrogens with zero attached hydrogens (tertiary/aromatic N) is 5. The van der Waals surface area contributed by atoms with Crippen molar-refractivity contribution in [1.29, 1.82) is 0 Å². The first-order valence-corrected chi connectivity index (χ1v) is 8.16. The normalized spacial score (nSPS) is 12.3. The molecule has 8 heteroatoms. The molecule has 0 spiro atoms. The number of hydrogen-bond donors (Lipinski definition) is 2. The van der Waals surface area contributed by atoms with Gasteiger partial charge >= 0.3 is 0 Å². The average molecular weight is 339 g/mol. The minimum atomic E-state index is -0.247. The van der Waals surface area contributed by atoms with Gasteiger partial charge in [0.2, 0.25) is 0 Å². The van der Waals surface area contributed by atoms with E-state index in [0.29, 0.717) is 18.2 Å². The van der Waals surface area contributed by atoms with E-state index in [4.69, 9.17) is 0 Å². The maximum absolute atomic E-state index is 12.4. The monoisotopic (exact) mass is 339 g/mol. The molecule has 0 unspecified atom stereocenters. The number of aromatic nitrogens is 6. The number of rotatable bonds is 6. The third-order valence-electron chi connectivity index (χ3n) is 3.86. The Morgan fingerprint density at radius 1 is 1.28 bits per heavy atom. The van der Waals surface area contributed by atoms with E-state index in [0.717, 1.165) is 17.2 Å². The summed E-state index contributed by atoms with van der Waals surface area (Å²) in [6.45, 7) is 6.65. The molecule has 0 saturated heterocycles. The Morgan fingerprint density at radius 3 is 2.84 bits per heavy atom. The van der Waals surface area contributed by atoms with E-state index < -0.39 is 0 Å². The first kappa shape index (κ1) is 16.8. The van der Waals surface area contributed by atoms with Crippen LogP contribution in [0, 0.1) is 0 Å². The summed E-state index contributed by atoms with van der Waals surface area (Å²) in [5.41, 5.74) is 1.95. The van der Waals surface area contributed by atoms with Crippen LogP contribution in [0.1, 0.15) is 60.4 Å². The summed E-state index contributed by atoms with van der Waals surface area (Å²) in [7, 11) is 0. The van der Waals surface area contributed by atoms with E-state index in [-0.39, 0.29) is 11.9 Å². The second-order valence-corrected chi connectivity index (χ2v) is 6.18. The van der Waals surface area contributed by atoms with Crippen molar-refractivity contribution in [3.8, 4) is 0 Å². The topological polar surface area (TPSA) is 101 Å². The highest BCUT2D eigenvalue weighted by Gasteiger charge is 2.16. The van der Waals surface area contributed by atoms with Crippen molar-refractivity contribution in [1.82, 2.24) is 35.0 Å². The van der Waals surface area contributed by atoms with Crippen molar-refractivity contribution in [3.63, 3.8) is 0 Å². The van der Waals surface area contributed by atoms with Gasteiger partial charge in [0.05, 0.1) is 24.0 Å². The van der Waals surface area contributed by atoms with Crippen LogP contribution in [-0.4, -0.2) is 35.6 Å². The van der Waals surface area contributed by atoms with Gasteiger partial charge in [0.25, 0.3) is 5.91 Å². The molecule has 0 aliphatic heterocycles. The molecule has 8 nitrogen and oxygen atoms in total. The van der Waals surface area contributed by atoms with Crippen molar-refractivity contribution in [3.05, 3.63) is 60.0 Å². The molecule has 0 fully saturated rings. The van der Waals surface area contributed by atoms with Gasteiger partial charge in [0.15, 0.2) is 0 Å². The fourth-order valence-electron chi connectivity index (χ4n) is 2.60. The molecule has 0 aromatic carbocycles. The van der Waals surface area contributed by atoms with Crippen LogP contribution < -0.4 is 5.32 Å². The number of carbonyl (C=O) groups excluding carboxylic acids is 1. The molecule has 3 rings (SSSR count). The molecule has 0 saturated carbocycles. The predicted octanol–water partition coefficient (Wildman–Crippen LogP) is 2.06. The first-order valence-electron chi connectivity index (χ1n) is 8.16. The van der Waals surface area contributed by atoms with Crippen molar-refractivity contribution < 1.29 is 4.79 Å². The second-order valence-electron chi connectivity index (χ2n) is 6.18. The highest BCUT2D eigenvalue weighted by atomic mass is 16.2. The van der Waals surface area contributed by atoms with Gasteiger partial charge in [-0.3, -0.25) is 9.89 Å².